The van der Waals surface area contributed by atoms with Gasteiger partial charge < -0.3 is 35.3 Å². The van der Waals surface area contributed by atoms with Gasteiger partial charge in [0, 0.05) is 30.9 Å². The molecule has 1 aromatic heterocycles. The van der Waals surface area contributed by atoms with Crippen molar-refractivity contribution in [2.75, 3.05) is 30.9 Å². The van der Waals surface area contributed by atoms with Gasteiger partial charge in [0.2, 0.25) is 11.8 Å². The number of hydrogen-bond acceptors (Lipinski definition) is 8. The second-order valence-corrected chi connectivity index (χ2v) is 7.47. The normalized spacial score (nSPS) is 18.0. The number of amides is 2. The van der Waals surface area contributed by atoms with E-state index in [0.29, 0.717) is 44.1 Å². The third kappa shape index (κ3) is 7.83. The standard InChI is InChI=1S/C21H26F3N5O5/c1-32-17-7-6-15(34-21(22,23)24)12-16(17)28-20(31)27-13-2-4-14(5-3-13)33-18-8-9-25-19(29-18)26-10-11-30/h6-9,12-14,30H,2-5,10-11H2,1H3,(H,25,26,29)(H2,27,28,31)/t13-,14-. The molecule has 1 heterocycles. The van der Waals surface area contributed by atoms with Crippen LogP contribution >= 0.6 is 0 Å². The maximum Gasteiger partial charge on any atom is 0.573 e. The van der Waals surface area contributed by atoms with Crippen molar-refractivity contribution in [2.45, 2.75) is 44.2 Å². The lowest BCUT2D eigenvalue weighted by Gasteiger charge is -2.29. The molecule has 0 unspecified atom stereocenters. The Morgan fingerprint density at radius 1 is 1.21 bits per heavy atom. The summed E-state index contributed by atoms with van der Waals surface area (Å²) in [6.07, 6.45) is -0.738. The van der Waals surface area contributed by atoms with E-state index in [0.717, 1.165) is 12.1 Å². The molecule has 1 aromatic carbocycles. The summed E-state index contributed by atoms with van der Waals surface area (Å²) >= 11 is 0. The minimum Gasteiger partial charge on any atom is -0.495 e. The third-order valence-corrected chi connectivity index (χ3v) is 4.97. The summed E-state index contributed by atoms with van der Waals surface area (Å²) in [6, 6.07) is 4.36. The van der Waals surface area contributed by atoms with Gasteiger partial charge in [-0.05, 0) is 37.8 Å². The fourth-order valence-corrected chi connectivity index (χ4v) is 3.48. The fourth-order valence-electron chi connectivity index (χ4n) is 3.48. The molecule has 3 rings (SSSR count). The predicted molar refractivity (Wildman–Crippen MR) is 116 cm³/mol. The number of nitrogens with zero attached hydrogens (tertiary/aromatic N) is 2. The lowest BCUT2D eigenvalue weighted by molar-refractivity contribution is -0.274. The number of benzene rings is 1. The molecule has 4 N–H and O–H groups in total. The summed E-state index contributed by atoms with van der Waals surface area (Å²) in [4.78, 5) is 20.7. The highest BCUT2D eigenvalue weighted by atomic mass is 19.4. The summed E-state index contributed by atoms with van der Waals surface area (Å²) in [7, 11) is 1.34. The van der Waals surface area contributed by atoms with Crippen molar-refractivity contribution in [3.8, 4) is 17.4 Å². The van der Waals surface area contributed by atoms with E-state index in [4.69, 9.17) is 14.6 Å². The highest BCUT2D eigenvalue weighted by Gasteiger charge is 2.31. The van der Waals surface area contributed by atoms with Gasteiger partial charge in [-0.2, -0.15) is 4.98 Å². The molecule has 0 spiro atoms. The smallest absolute Gasteiger partial charge is 0.495 e. The van der Waals surface area contributed by atoms with Crippen molar-refractivity contribution in [3.63, 3.8) is 0 Å². The van der Waals surface area contributed by atoms with Gasteiger partial charge in [0.05, 0.1) is 19.4 Å². The molecule has 0 aliphatic heterocycles. The van der Waals surface area contributed by atoms with Crippen LogP contribution in [0.25, 0.3) is 0 Å². The van der Waals surface area contributed by atoms with E-state index in [9.17, 15) is 18.0 Å². The van der Waals surface area contributed by atoms with Gasteiger partial charge in [-0.25, -0.2) is 9.78 Å². The van der Waals surface area contributed by atoms with Crippen LogP contribution in [-0.2, 0) is 0 Å². The Kier molecular flexibility index (Phi) is 8.57. The Bertz CT molecular complexity index is 955. The number of anilines is 2. The van der Waals surface area contributed by atoms with Crippen molar-refractivity contribution in [1.29, 1.82) is 0 Å². The Labute approximate surface area is 193 Å². The van der Waals surface area contributed by atoms with Crippen LogP contribution in [0.15, 0.2) is 30.5 Å². The Morgan fingerprint density at radius 2 is 1.97 bits per heavy atom. The molecule has 13 heteroatoms. The molecule has 2 aromatic rings. The number of nitrogens with one attached hydrogen (secondary N) is 3. The number of aliphatic hydroxyl groups excluding tert-OH is 1. The lowest BCUT2D eigenvalue weighted by Crippen LogP contribution is -2.41. The molecule has 0 bridgehead atoms. The van der Waals surface area contributed by atoms with E-state index in [1.54, 1.807) is 12.3 Å². The zero-order chi connectivity index (χ0) is 24.6. The number of aromatic nitrogens is 2. The van der Waals surface area contributed by atoms with Crippen LogP contribution in [0.3, 0.4) is 0 Å². The summed E-state index contributed by atoms with van der Waals surface area (Å²) < 4.78 is 52.3. The second kappa shape index (κ2) is 11.6. The van der Waals surface area contributed by atoms with E-state index < -0.39 is 18.1 Å². The Balaban J connectivity index is 1.49. The first-order valence-corrected chi connectivity index (χ1v) is 10.6. The number of urea groups is 1. The predicted octanol–water partition coefficient (Wildman–Crippen LogP) is 3.30. The first-order valence-electron chi connectivity index (χ1n) is 10.6. The number of halogens is 3. The molecule has 1 aliphatic carbocycles. The van der Waals surface area contributed by atoms with Crippen molar-refractivity contribution in [2.24, 2.45) is 0 Å². The summed E-state index contributed by atoms with van der Waals surface area (Å²) in [6.45, 7) is 0.284. The molecule has 0 saturated heterocycles. The van der Waals surface area contributed by atoms with Crippen LogP contribution < -0.4 is 30.2 Å². The van der Waals surface area contributed by atoms with E-state index in [1.807, 2.05) is 0 Å². The molecule has 0 atom stereocenters. The number of alkyl halides is 3. The van der Waals surface area contributed by atoms with Gasteiger partial charge in [0.15, 0.2) is 0 Å². The zero-order valence-electron chi connectivity index (χ0n) is 18.4. The van der Waals surface area contributed by atoms with Gasteiger partial charge in [-0.1, -0.05) is 0 Å². The highest BCUT2D eigenvalue weighted by molar-refractivity contribution is 5.91. The van der Waals surface area contributed by atoms with E-state index in [-0.39, 0.29) is 30.2 Å². The topological polar surface area (TPSA) is 127 Å². The van der Waals surface area contributed by atoms with Crippen molar-refractivity contribution in [1.82, 2.24) is 15.3 Å². The minimum atomic E-state index is -4.85. The second-order valence-electron chi connectivity index (χ2n) is 7.47. The molecular formula is C21H26F3N5O5. The van der Waals surface area contributed by atoms with E-state index in [1.165, 1.54) is 13.2 Å². The number of rotatable bonds is 9. The monoisotopic (exact) mass is 485 g/mol. The average Bonchev–Trinajstić information content (AvgIpc) is 2.78. The highest BCUT2D eigenvalue weighted by Crippen LogP contribution is 2.32. The van der Waals surface area contributed by atoms with Crippen LogP contribution in [0.1, 0.15) is 25.7 Å². The fraction of sp³-hybridized carbons (Fsp3) is 0.476. The molecule has 1 saturated carbocycles. The van der Waals surface area contributed by atoms with Crippen molar-refractivity contribution < 1.29 is 37.3 Å². The average molecular weight is 485 g/mol. The van der Waals surface area contributed by atoms with Gasteiger partial charge in [0.1, 0.15) is 17.6 Å². The number of carbonyl (C=O) groups is 1. The van der Waals surface area contributed by atoms with E-state index in [2.05, 4.69) is 30.7 Å². The van der Waals surface area contributed by atoms with Gasteiger partial charge in [0.25, 0.3) is 0 Å². The number of methoxy groups -OCH3 is 1. The Morgan fingerprint density at radius 3 is 2.65 bits per heavy atom. The molecular weight excluding hydrogens is 459 g/mol. The van der Waals surface area contributed by atoms with Gasteiger partial charge >= 0.3 is 12.4 Å². The largest absolute Gasteiger partial charge is 0.573 e. The number of hydrogen-bond donors (Lipinski definition) is 4. The van der Waals surface area contributed by atoms with Crippen molar-refractivity contribution in [3.05, 3.63) is 30.5 Å². The quantitative estimate of drug-likeness (QED) is 0.426. The number of ether oxygens (including phenoxy) is 3. The van der Waals surface area contributed by atoms with Crippen molar-refractivity contribution >= 4 is 17.7 Å². The van der Waals surface area contributed by atoms with Gasteiger partial charge in [-0.15, -0.1) is 13.2 Å². The van der Waals surface area contributed by atoms with E-state index >= 15 is 0 Å². The number of aliphatic hydroxyl groups is 1. The van der Waals surface area contributed by atoms with Crippen LogP contribution in [0.5, 0.6) is 17.4 Å². The summed E-state index contributed by atoms with van der Waals surface area (Å²) in [5, 5.41) is 17.1. The molecule has 186 valence electrons. The minimum absolute atomic E-state index is 0.0431. The molecule has 1 aliphatic rings. The SMILES string of the molecule is COc1ccc(OC(F)(F)F)cc1NC(=O)N[C@H]1CC[C@H](Oc2ccnc(NCCO)n2)CC1. The zero-order valence-corrected chi connectivity index (χ0v) is 18.4. The summed E-state index contributed by atoms with van der Waals surface area (Å²) in [5.41, 5.74) is 0.0492. The van der Waals surface area contributed by atoms with Crippen LogP contribution in [0, 0.1) is 0 Å². The lowest BCUT2D eigenvalue weighted by atomic mass is 9.93. The molecule has 10 nitrogen and oxygen atoms in total. The molecule has 34 heavy (non-hydrogen) atoms. The number of carbonyl (C=O) groups excluding carboxylic acids is 1. The first-order chi connectivity index (χ1) is 16.3. The third-order valence-electron chi connectivity index (χ3n) is 4.97. The Hall–Kier alpha value is -3.48. The first kappa shape index (κ1) is 25.1. The van der Waals surface area contributed by atoms with Crippen LogP contribution in [0.4, 0.5) is 29.6 Å². The molecule has 2 amide bonds. The maximum absolute atomic E-state index is 12.5. The van der Waals surface area contributed by atoms with Gasteiger partial charge in [-0.3, -0.25) is 0 Å². The molecule has 0 radical (unpaired) electrons. The maximum atomic E-state index is 12.5. The van der Waals surface area contributed by atoms with Crippen LogP contribution in [0.2, 0.25) is 0 Å². The molecule has 1 fully saturated rings. The van der Waals surface area contributed by atoms with Crippen LogP contribution in [-0.4, -0.2) is 59.9 Å². The summed E-state index contributed by atoms with van der Waals surface area (Å²) in [5.74, 6) is 0.497.